The fourth-order valence-corrected chi connectivity index (χ4v) is 3.46. The Balaban J connectivity index is 1.98. The van der Waals surface area contributed by atoms with Gasteiger partial charge in [0.1, 0.15) is 0 Å². The van der Waals surface area contributed by atoms with Gasteiger partial charge in [-0.3, -0.25) is 18.1 Å². The Morgan fingerprint density at radius 1 is 1.27 bits per heavy atom. The summed E-state index contributed by atoms with van der Waals surface area (Å²) in [7, 11) is -3.33. The topological polar surface area (TPSA) is 71.1 Å². The van der Waals surface area contributed by atoms with Gasteiger partial charge in [-0.2, -0.15) is 0 Å². The van der Waals surface area contributed by atoms with Gasteiger partial charge in [0.15, 0.2) is 0 Å². The molecule has 3 saturated heterocycles. The van der Waals surface area contributed by atoms with Crippen molar-refractivity contribution < 1.29 is 27.2 Å². The first-order valence-corrected chi connectivity index (χ1v) is 8.90. The van der Waals surface area contributed by atoms with E-state index in [1.165, 1.54) is 0 Å². The lowest BCUT2D eigenvalue weighted by Gasteiger charge is -2.43. The second-order valence-corrected chi connectivity index (χ2v) is 9.40. The highest BCUT2D eigenvalue weighted by atomic mass is 35.9. The Labute approximate surface area is 95.8 Å². The minimum Gasteiger partial charge on any atom is -0.305 e. The molecule has 0 saturated carbocycles. The Morgan fingerprint density at radius 2 is 1.73 bits per heavy atom. The molecular weight excluding hydrogens is 289 g/mol. The van der Waals surface area contributed by atoms with Crippen molar-refractivity contribution in [2.75, 3.05) is 26.4 Å². The molecule has 3 aliphatic heterocycles. The standard InChI is InChI=1S/C5H8Cl2O6P2/c6-14(7,8)10-1-5-2-11-15(9,12-3-5)13-4-5/h1-4H2. The van der Waals surface area contributed by atoms with Crippen LogP contribution in [0.25, 0.3) is 0 Å². The van der Waals surface area contributed by atoms with Crippen LogP contribution in [0.15, 0.2) is 0 Å². The molecule has 15 heavy (non-hydrogen) atoms. The molecule has 2 bridgehead atoms. The minimum atomic E-state index is -3.58. The monoisotopic (exact) mass is 296 g/mol. The van der Waals surface area contributed by atoms with E-state index >= 15 is 0 Å². The molecule has 0 aromatic rings. The van der Waals surface area contributed by atoms with E-state index in [0.717, 1.165) is 0 Å². The van der Waals surface area contributed by atoms with E-state index < -0.39 is 19.3 Å². The number of hydrogen-bond acceptors (Lipinski definition) is 6. The summed E-state index contributed by atoms with van der Waals surface area (Å²) in [5.74, 6) is 0. The maximum Gasteiger partial charge on any atom is 0.474 e. The molecule has 88 valence electrons. The molecule has 6 nitrogen and oxygen atoms in total. The van der Waals surface area contributed by atoms with Crippen LogP contribution in [0.3, 0.4) is 0 Å². The van der Waals surface area contributed by atoms with E-state index in [4.69, 9.17) is 40.6 Å². The third-order valence-corrected chi connectivity index (χ3v) is 4.46. The molecule has 0 spiro atoms. The van der Waals surface area contributed by atoms with Crippen molar-refractivity contribution >= 4 is 36.4 Å². The number of fused-ring (bicyclic) bond motifs is 3. The van der Waals surface area contributed by atoms with Gasteiger partial charge in [0.05, 0.1) is 31.8 Å². The second-order valence-electron chi connectivity index (χ2n) is 3.46. The molecule has 0 aromatic carbocycles. The maximum absolute atomic E-state index is 11.4. The van der Waals surface area contributed by atoms with Crippen LogP contribution in [-0.4, -0.2) is 26.4 Å². The molecule has 0 atom stereocenters. The molecule has 3 heterocycles. The van der Waals surface area contributed by atoms with Crippen LogP contribution in [0.2, 0.25) is 0 Å². The predicted octanol–water partition coefficient (Wildman–Crippen LogP) is 2.76. The summed E-state index contributed by atoms with van der Waals surface area (Å²) < 4.78 is 41.7. The van der Waals surface area contributed by atoms with Gasteiger partial charge in [-0.25, -0.2) is 4.57 Å². The summed E-state index contributed by atoms with van der Waals surface area (Å²) in [4.78, 5) is 0. The smallest absolute Gasteiger partial charge is 0.305 e. The van der Waals surface area contributed by atoms with E-state index in [9.17, 15) is 9.13 Å². The highest BCUT2D eigenvalue weighted by Crippen LogP contribution is 2.62. The van der Waals surface area contributed by atoms with Crippen molar-refractivity contribution in [3.63, 3.8) is 0 Å². The molecule has 0 aromatic heterocycles. The van der Waals surface area contributed by atoms with E-state index in [1.807, 2.05) is 0 Å². The van der Waals surface area contributed by atoms with Crippen LogP contribution < -0.4 is 0 Å². The Kier molecular flexibility index (Phi) is 3.26. The van der Waals surface area contributed by atoms with E-state index in [0.29, 0.717) is 0 Å². The van der Waals surface area contributed by atoms with E-state index in [2.05, 4.69) is 0 Å². The Morgan fingerprint density at radius 3 is 2.13 bits per heavy atom. The van der Waals surface area contributed by atoms with Crippen molar-refractivity contribution in [1.82, 2.24) is 0 Å². The number of halogens is 2. The molecular formula is C5H8Cl2O6P2. The second kappa shape index (κ2) is 3.97. The van der Waals surface area contributed by atoms with Gasteiger partial charge >= 0.3 is 13.9 Å². The molecule has 3 rings (SSSR count). The molecule has 3 aliphatic rings. The SMILES string of the molecule is O=P(Cl)(Cl)OCC12COP(=O)(OC1)OC2. The van der Waals surface area contributed by atoms with E-state index in [-0.39, 0.29) is 26.4 Å². The Bertz CT molecular complexity index is 322. The maximum atomic E-state index is 11.4. The van der Waals surface area contributed by atoms with Gasteiger partial charge in [0.25, 0.3) is 0 Å². The lowest BCUT2D eigenvalue weighted by atomic mass is 9.93. The molecule has 0 radical (unpaired) electrons. The molecule has 0 aliphatic carbocycles. The average molecular weight is 297 g/mol. The van der Waals surface area contributed by atoms with Crippen LogP contribution in [0.4, 0.5) is 0 Å². The largest absolute Gasteiger partial charge is 0.474 e. The number of hydrogen-bond donors (Lipinski definition) is 0. The van der Waals surface area contributed by atoms with E-state index in [1.54, 1.807) is 0 Å². The summed E-state index contributed by atoms with van der Waals surface area (Å²) >= 11 is 10.5. The number of rotatable bonds is 3. The lowest BCUT2D eigenvalue weighted by molar-refractivity contribution is -0.109. The first-order chi connectivity index (χ1) is 6.83. The van der Waals surface area contributed by atoms with Gasteiger partial charge < -0.3 is 4.52 Å². The molecule has 0 N–H and O–H groups in total. The number of phosphoric ester groups is 1. The van der Waals surface area contributed by atoms with Crippen LogP contribution in [0.5, 0.6) is 0 Å². The van der Waals surface area contributed by atoms with Crippen LogP contribution in [0.1, 0.15) is 0 Å². The summed E-state index contributed by atoms with van der Waals surface area (Å²) in [6, 6.07) is 0. The zero-order valence-electron chi connectivity index (χ0n) is 7.43. The van der Waals surface area contributed by atoms with Crippen molar-refractivity contribution in [2.24, 2.45) is 5.41 Å². The summed E-state index contributed by atoms with van der Waals surface area (Å²) in [5.41, 5.74) is -0.633. The van der Waals surface area contributed by atoms with Crippen molar-refractivity contribution in [2.45, 2.75) is 0 Å². The fourth-order valence-electron chi connectivity index (χ4n) is 1.22. The van der Waals surface area contributed by atoms with Crippen LogP contribution in [-0.2, 0) is 27.2 Å². The molecule has 3 fully saturated rings. The molecule has 0 amide bonds. The van der Waals surface area contributed by atoms with Gasteiger partial charge in [-0.1, -0.05) is 0 Å². The van der Waals surface area contributed by atoms with Crippen molar-refractivity contribution in [3.8, 4) is 0 Å². The molecule has 0 unspecified atom stereocenters. The number of phosphoric acid groups is 1. The highest BCUT2D eigenvalue weighted by molar-refractivity contribution is 8.05. The third-order valence-electron chi connectivity index (χ3n) is 2.11. The Hall–Kier alpha value is 0.880. The minimum absolute atomic E-state index is 0.0305. The summed E-state index contributed by atoms with van der Waals surface area (Å²) in [5, 5.41) is 0. The first-order valence-electron chi connectivity index (χ1n) is 4.00. The highest BCUT2D eigenvalue weighted by Gasteiger charge is 2.51. The van der Waals surface area contributed by atoms with Crippen molar-refractivity contribution in [3.05, 3.63) is 0 Å². The fraction of sp³-hybridized carbons (Fsp3) is 1.00. The van der Waals surface area contributed by atoms with Crippen LogP contribution >= 0.6 is 36.4 Å². The zero-order chi connectivity index (χ0) is 11.2. The van der Waals surface area contributed by atoms with Gasteiger partial charge in [-0.05, 0) is 22.5 Å². The zero-order valence-corrected chi connectivity index (χ0v) is 10.7. The van der Waals surface area contributed by atoms with Crippen molar-refractivity contribution in [1.29, 1.82) is 0 Å². The average Bonchev–Trinajstić information content (AvgIpc) is 2.16. The lowest BCUT2D eigenvalue weighted by Crippen LogP contribution is -2.47. The predicted molar refractivity (Wildman–Crippen MR) is 53.2 cm³/mol. The van der Waals surface area contributed by atoms with Gasteiger partial charge in [0, 0.05) is 0 Å². The quantitative estimate of drug-likeness (QED) is 0.746. The third kappa shape index (κ3) is 2.96. The first kappa shape index (κ1) is 12.3. The summed E-state index contributed by atoms with van der Waals surface area (Å²) in [6.07, 6.45) is -3.58. The van der Waals surface area contributed by atoms with Gasteiger partial charge in [-0.15, -0.1) is 0 Å². The summed E-state index contributed by atoms with van der Waals surface area (Å²) in [6.45, 7) is 0.422. The normalized spacial score (nSPS) is 40.7. The molecule has 10 heteroatoms. The van der Waals surface area contributed by atoms with Gasteiger partial charge in [0.2, 0.25) is 0 Å². The van der Waals surface area contributed by atoms with Crippen LogP contribution in [0, 0.1) is 5.41 Å².